The number of carbonyl (C=O) groups is 1. The second-order valence-electron chi connectivity index (χ2n) is 4.85. The third kappa shape index (κ3) is 4.72. The molecule has 112 valence electrons. The van der Waals surface area contributed by atoms with Crippen LogP contribution in [0.3, 0.4) is 0 Å². The number of aliphatic hydroxyl groups is 1. The largest absolute Gasteiger partial charge is 0.481 e. The van der Waals surface area contributed by atoms with Crippen molar-refractivity contribution < 1.29 is 23.4 Å². The highest BCUT2D eigenvalue weighted by atomic mass is 32.2. The van der Waals surface area contributed by atoms with Crippen molar-refractivity contribution in [1.82, 2.24) is 8.61 Å². The van der Waals surface area contributed by atoms with E-state index in [-0.39, 0.29) is 25.5 Å². The maximum Gasteiger partial charge on any atom is 0.304 e. The van der Waals surface area contributed by atoms with Crippen molar-refractivity contribution in [3.63, 3.8) is 0 Å². The van der Waals surface area contributed by atoms with Crippen molar-refractivity contribution >= 4 is 16.2 Å². The number of carboxylic acid groups (broad SMARTS) is 1. The van der Waals surface area contributed by atoms with Crippen LogP contribution in [0.1, 0.15) is 25.7 Å². The van der Waals surface area contributed by atoms with Gasteiger partial charge in [0.15, 0.2) is 0 Å². The summed E-state index contributed by atoms with van der Waals surface area (Å²) in [6.07, 6.45) is 2.09. The zero-order chi connectivity index (χ0) is 14.5. The molecule has 1 aliphatic rings. The number of nitrogens with zero attached hydrogens (tertiary/aromatic N) is 2. The minimum Gasteiger partial charge on any atom is -0.481 e. The first-order valence-corrected chi connectivity index (χ1v) is 7.81. The van der Waals surface area contributed by atoms with E-state index in [1.165, 1.54) is 11.4 Å². The van der Waals surface area contributed by atoms with E-state index in [1.807, 2.05) is 0 Å². The lowest BCUT2D eigenvalue weighted by Crippen LogP contribution is -2.47. The van der Waals surface area contributed by atoms with E-state index < -0.39 is 16.2 Å². The molecule has 1 unspecified atom stereocenters. The summed E-state index contributed by atoms with van der Waals surface area (Å²) in [6.45, 7) is 0.897. The molecule has 0 radical (unpaired) electrons. The van der Waals surface area contributed by atoms with Crippen LogP contribution in [0.2, 0.25) is 0 Å². The predicted octanol–water partition coefficient (Wildman–Crippen LogP) is -0.268. The molecular formula is C11H22N2O5S. The van der Waals surface area contributed by atoms with E-state index in [9.17, 15) is 13.2 Å². The fourth-order valence-corrected chi connectivity index (χ4v) is 3.70. The number of rotatable bonds is 7. The maximum absolute atomic E-state index is 12.2. The second kappa shape index (κ2) is 7.18. The Kier molecular flexibility index (Phi) is 6.18. The van der Waals surface area contributed by atoms with Crippen molar-refractivity contribution in [2.45, 2.75) is 25.7 Å². The van der Waals surface area contributed by atoms with Crippen LogP contribution < -0.4 is 0 Å². The lowest BCUT2D eigenvalue weighted by atomic mass is 9.97. The molecule has 7 nitrogen and oxygen atoms in total. The monoisotopic (exact) mass is 294 g/mol. The molecule has 8 heteroatoms. The average molecular weight is 294 g/mol. The highest BCUT2D eigenvalue weighted by molar-refractivity contribution is 7.86. The molecule has 2 N–H and O–H groups in total. The molecule has 1 fully saturated rings. The molecule has 0 aliphatic carbocycles. The summed E-state index contributed by atoms with van der Waals surface area (Å²) >= 11 is 0. The summed E-state index contributed by atoms with van der Waals surface area (Å²) < 4.78 is 27.0. The van der Waals surface area contributed by atoms with Crippen LogP contribution in [0.4, 0.5) is 0 Å². The Hall–Kier alpha value is -0.700. The van der Waals surface area contributed by atoms with Gasteiger partial charge in [-0.3, -0.25) is 4.79 Å². The van der Waals surface area contributed by atoms with Gasteiger partial charge in [0.2, 0.25) is 0 Å². The highest BCUT2D eigenvalue weighted by Crippen LogP contribution is 2.22. The Labute approximate surface area is 114 Å². The van der Waals surface area contributed by atoms with Gasteiger partial charge in [0.05, 0.1) is 6.42 Å². The summed E-state index contributed by atoms with van der Waals surface area (Å²) in [5.41, 5.74) is 0. The Morgan fingerprint density at radius 1 is 1.47 bits per heavy atom. The summed E-state index contributed by atoms with van der Waals surface area (Å²) in [5, 5.41) is 17.5. The highest BCUT2D eigenvalue weighted by Gasteiger charge is 2.31. The fourth-order valence-electron chi connectivity index (χ4n) is 2.22. The molecule has 1 saturated heterocycles. The molecule has 0 bridgehead atoms. The van der Waals surface area contributed by atoms with Gasteiger partial charge in [0.25, 0.3) is 10.2 Å². The van der Waals surface area contributed by atoms with E-state index in [2.05, 4.69) is 0 Å². The summed E-state index contributed by atoms with van der Waals surface area (Å²) in [7, 11) is -2.19. The molecule has 1 atom stereocenters. The van der Waals surface area contributed by atoms with Crippen molar-refractivity contribution in [2.24, 2.45) is 5.92 Å². The van der Waals surface area contributed by atoms with E-state index in [0.29, 0.717) is 19.5 Å². The topological polar surface area (TPSA) is 98.2 Å². The van der Waals surface area contributed by atoms with Gasteiger partial charge < -0.3 is 10.2 Å². The van der Waals surface area contributed by atoms with Crippen LogP contribution in [0, 0.1) is 5.92 Å². The summed E-state index contributed by atoms with van der Waals surface area (Å²) in [4.78, 5) is 10.5. The molecule has 0 saturated carbocycles. The molecule has 0 aromatic heterocycles. The SMILES string of the molecule is CN(CCC(=O)O)S(=O)(=O)N1CCCC(CCO)C1. The van der Waals surface area contributed by atoms with Crippen LogP contribution >= 0.6 is 0 Å². The van der Waals surface area contributed by atoms with Gasteiger partial charge in [0, 0.05) is 33.3 Å². The lowest BCUT2D eigenvalue weighted by Gasteiger charge is -2.34. The number of aliphatic hydroxyl groups excluding tert-OH is 1. The van der Waals surface area contributed by atoms with Crippen LogP contribution in [0.15, 0.2) is 0 Å². The summed E-state index contributed by atoms with van der Waals surface area (Å²) in [6, 6.07) is 0. The first kappa shape index (κ1) is 16.4. The smallest absolute Gasteiger partial charge is 0.304 e. The van der Waals surface area contributed by atoms with Gasteiger partial charge in [-0.1, -0.05) is 0 Å². The van der Waals surface area contributed by atoms with E-state index in [0.717, 1.165) is 17.1 Å². The van der Waals surface area contributed by atoms with Crippen LogP contribution in [0.5, 0.6) is 0 Å². The molecule has 1 rings (SSSR count). The predicted molar refractivity (Wildman–Crippen MR) is 69.8 cm³/mol. The van der Waals surface area contributed by atoms with Crippen molar-refractivity contribution in [2.75, 3.05) is 33.3 Å². The zero-order valence-corrected chi connectivity index (χ0v) is 12.0. The van der Waals surface area contributed by atoms with Gasteiger partial charge in [-0.15, -0.1) is 0 Å². The molecule has 0 amide bonds. The van der Waals surface area contributed by atoms with Gasteiger partial charge in [-0.25, -0.2) is 0 Å². The number of carboxylic acids is 1. The molecule has 19 heavy (non-hydrogen) atoms. The average Bonchev–Trinajstić information content (AvgIpc) is 2.36. The maximum atomic E-state index is 12.2. The normalized spacial score (nSPS) is 21.7. The van der Waals surface area contributed by atoms with E-state index in [1.54, 1.807) is 0 Å². The first-order valence-electron chi connectivity index (χ1n) is 6.42. The Balaban J connectivity index is 2.62. The minimum atomic E-state index is -3.59. The zero-order valence-electron chi connectivity index (χ0n) is 11.2. The molecule has 0 aromatic carbocycles. The first-order chi connectivity index (χ1) is 8.87. The number of hydrogen-bond acceptors (Lipinski definition) is 4. The fraction of sp³-hybridized carbons (Fsp3) is 0.909. The van der Waals surface area contributed by atoms with E-state index in [4.69, 9.17) is 10.2 Å². The van der Waals surface area contributed by atoms with Gasteiger partial charge in [0.1, 0.15) is 0 Å². The molecule has 1 heterocycles. The van der Waals surface area contributed by atoms with Crippen molar-refractivity contribution in [1.29, 1.82) is 0 Å². The van der Waals surface area contributed by atoms with Gasteiger partial charge in [-0.05, 0) is 25.2 Å². The third-order valence-corrected chi connectivity index (χ3v) is 5.33. The second-order valence-corrected chi connectivity index (χ2v) is 6.89. The van der Waals surface area contributed by atoms with E-state index >= 15 is 0 Å². The lowest BCUT2D eigenvalue weighted by molar-refractivity contribution is -0.137. The third-order valence-electron chi connectivity index (χ3n) is 3.38. The van der Waals surface area contributed by atoms with Crippen molar-refractivity contribution in [3.8, 4) is 0 Å². The number of aliphatic carboxylic acids is 1. The molecule has 1 aliphatic heterocycles. The van der Waals surface area contributed by atoms with Gasteiger partial charge >= 0.3 is 5.97 Å². The number of hydrogen-bond donors (Lipinski definition) is 2. The van der Waals surface area contributed by atoms with Crippen molar-refractivity contribution in [3.05, 3.63) is 0 Å². The summed E-state index contributed by atoms with van der Waals surface area (Å²) in [5.74, 6) is -0.833. The Bertz CT molecular complexity index is 396. The quantitative estimate of drug-likeness (QED) is 0.673. The van der Waals surface area contributed by atoms with Crippen LogP contribution in [-0.4, -0.2) is 66.5 Å². The molecule has 0 aromatic rings. The standard InChI is InChI=1S/C11H22N2O5S/c1-12(7-4-11(15)16)19(17,18)13-6-2-3-10(9-13)5-8-14/h10,14H,2-9H2,1H3,(H,15,16). The van der Waals surface area contributed by atoms with Crippen LogP contribution in [0.25, 0.3) is 0 Å². The Morgan fingerprint density at radius 2 is 2.16 bits per heavy atom. The minimum absolute atomic E-state index is 0.0289. The molecular weight excluding hydrogens is 272 g/mol. The number of piperidine rings is 1. The van der Waals surface area contributed by atoms with Crippen LogP contribution in [-0.2, 0) is 15.0 Å². The van der Waals surface area contributed by atoms with Gasteiger partial charge in [-0.2, -0.15) is 17.0 Å². The molecule has 0 spiro atoms. The Morgan fingerprint density at radius 3 is 2.74 bits per heavy atom.